The molecule has 2 aromatic rings. The molecule has 7 N–H and O–H groups in total. The first-order valence-electron chi connectivity index (χ1n) is 21.2. The van der Waals surface area contributed by atoms with Crippen molar-refractivity contribution in [3.63, 3.8) is 0 Å². The fourth-order valence-corrected chi connectivity index (χ4v) is 8.67. The molecule has 15 nitrogen and oxygen atoms in total. The van der Waals surface area contributed by atoms with Gasteiger partial charge in [0.1, 0.15) is 23.4 Å². The maximum Gasteiger partial charge on any atom is 0.312 e. The predicted octanol–water partition coefficient (Wildman–Crippen LogP) is 6.79. The van der Waals surface area contributed by atoms with Crippen LogP contribution in [0.3, 0.4) is 0 Å². The van der Waals surface area contributed by atoms with Crippen LogP contribution < -0.4 is 15.5 Å². The number of nitrogens with one attached hydrogen (secondary N) is 2. The number of aliphatic hydroxyl groups is 2. The van der Waals surface area contributed by atoms with Gasteiger partial charge < -0.3 is 55.2 Å². The molecule has 3 heterocycles. The molecule has 9 unspecified atom stereocenters. The number of fused-ring (bicyclic) bond motifs is 14. The third-order valence-electron chi connectivity index (χ3n) is 12.6. The highest BCUT2D eigenvalue weighted by atomic mass is 16.7. The molecule has 334 valence electrons. The zero-order valence-corrected chi connectivity index (χ0v) is 36.7. The van der Waals surface area contributed by atoms with Crippen LogP contribution >= 0.6 is 0 Å². The van der Waals surface area contributed by atoms with Crippen LogP contribution in [0.1, 0.15) is 115 Å². The summed E-state index contributed by atoms with van der Waals surface area (Å²) in [6.07, 6.45) is 12.1. The van der Waals surface area contributed by atoms with Gasteiger partial charge in [0.2, 0.25) is 0 Å². The number of hydrazone groups is 1. The molecule has 15 heteroatoms. The topological polar surface area (TPSA) is 226 Å². The standard InChI is InChI=1S/C46H63N3O12/c1-23-16-15-17-24(2)45(57)48-36-31(22-47-49-30-18-13-11-10-12-14-19-30)40(54)33-34(41(36)55)39(53)28(6)43-35(33)44(56)46(8,61-43)59-21-20-32(58-9)25(3)42(60-29(7)50)27(5)38(52)26(4)37(23)51/h15-17,20-23,25-27,30,32,37-38,42,49,51-55H,10-14,18-19H2,1-9H3,(H,48,57). The summed E-state index contributed by atoms with van der Waals surface area (Å²) in [5.74, 6) is -8.32. The molecule has 0 aromatic heterocycles. The monoisotopic (exact) mass is 849 g/mol. The average Bonchev–Trinajstić information content (AvgIpc) is 3.47. The Kier molecular flexibility index (Phi) is 15.2. The van der Waals surface area contributed by atoms with Gasteiger partial charge in [-0.3, -0.25) is 14.4 Å². The molecular weight excluding hydrogens is 787 g/mol. The van der Waals surface area contributed by atoms with Gasteiger partial charge in [-0.25, -0.2) is 0 Å². The Bertz CT molecular complexity index is 2090. The smallest absolute Gasteiger partial charge is 0.312 e. The summed E-state index contributed by atoms with van der Waals surface area (Å²) in [5.41, 5.74) is 2.81. The fraction of sp³-hybridized carbons (Fsp3) is 0.565. The molecular formula is C46H63N3O12. The van der Waals surface area contributed by atoms with Crippen LogP contribution in [0.2, 0.25) is 0 Å². The summed E-state index contributed by atoms with van der Waals surface area (Å²) < 4.78 is 23.7. The first kappa shape index (κ1) is 46.9. The number of anilines is 1. The third-order valence-corrected chi connectivity index (χ3v) is 12.6. The summed E-state index contributed by atoms with van der Waals surface area (Å²) in [4.78, 5) is 40.6. The second kappa shape index (κ2) is 19.7. The summed E-state index contributed by atoms with van der Waals surface area (Å²) in [6, 6.07) is 0.0531. The van der Waals surface area contributed by atoms with E-state index in [1.165, 1.54) is 65.9 Å². The fourth-order valence-electron chi connectivity index (χ4n) is 8.67. The highest BCUT2D eigenvalue weighted by molar-refractivity contribution is 6.23. The number of nitrogens with zero attached hydrogens (tertiary/aromatic N) is 1. The first-order valence-corrected chi connectivity index (χ1v) is 21.2. The van der Waals surface area contributed by atoms with Crippen molar-refractivity contribution in [1.29, 1.82) is 0 Å². The molecule has 5 bridgehead atoms. The number of esters is 1. The number of amides is 1. The van der Waals surface area contributed by atoms with Crippen LogP contribution in [-0.4, -0.2) is 92.8 Å². The molecule has 1 aliphatic carbocycles. The molecule has 9 atom stereocenters. The third kappa shape index (κ3) is 9.84. The van der Waals surface area contributed by atoms with E-state index in [9.17, 15) is 39.9 Å². The van der Waals surface area contributed by atoms with Gasteiger partial charge in [0.25, 0.3) is 11.7 Å². The largest absolute Gasteiger partial charge is 0.507 e. The zero-order valence-electron chi connectivity index (χ0n) is 36.7. The number of phenolic OH excluding ortho intramolecular Hbond substituents is 3. The van der Waals surface area contributed by atoms with Gasteiger partial charge in [-0.2, -0.15) is 5.10 Å². The van der Waals surface area contributed by atoms with E-state index in [1.807, 2.05) is 0 Å². The predicted molar refractivity (Wildman–Crippen MR) is 231 cm³/mol. The molecule has 6 rings (SSSR count). The Morgan fingerprint density at radius 1 is 0.918 bits per heavy atom. The normalized spacial score (nSPS) is 29.8. The Labute approximate surface area is 357 Å². The molecule has 3 aliphatic heterocycles. The number of Topliss-reactive ketones (excluding diaryl/α,β-unsaturated/α-hetero) is 1. The summed E-state index contributed by atoms with van der Waals surface area (Å²) >= 11 is 0. The van der Waals surface area contributed by atoms with Gasteiger partial charge in [0.05, 0.1) is 53.0 Å². The minimum Gasteiger partial charge on any atom is -0.507 e. The van der Waals surface area contributed by atoms with Crippen molar-refractivity contribution in [2.45, 2.75) is 137 Å². The van der Waals surface area contributed by atoms with E-state index >= 15 is 0 Å². The van der Waals surface area contributed by atoms with E-state index in [-0.39, 0.29) is 50.5 Å². The van der Waals surface area contributed by atoms with E-state index in [1.54, 1.807) is 39.8 Å². The number of ketones is 1. The number of methoxy groups -OCH3 is 1. The Morgan fingerprint density at radius 3 is 2.21 bits per heavy atom. The minimum absolute atomic E-state index is 0.0531. The molecule has 4 aliphatic rings. The zero-order chi connectivity index (χ0) is 44.9. The second-order valence-corrected chi connectivity index (χ2v) is 17.0. The van der Waals surface area contributed by atoms with Crippen molar-refractivity contribution in [3.8, 4) is 23.0 Å². The molecule has 0 radical (unpaired) electrons. The maximum absolute atomic E-state index is 14.5. The van der Waals surface area contributed by atoms with Crippen molar-refractivity contribution < 1.29 is 58.9 Å². The van der Waals surface area contributed by atoms with Crippen molar-refractivity contribution in [1.82, 2.24) is 5.43 Å². The number of hydrogen-bond donors (Lipinski definition) is 7. The number of carbonyl (C=O) groups is 3. The van der Waals surface area contributed by atoms with Crippen molar-refractivity contribution in [2.75, 3.05) is 12.4 Å². The number of aliphatic hydroxyl groups excluding tert-OH is 2. The summed E-state index contributed by atoms with van der Waals surface area (Å²) in [7, 11) is 1.44. The SMILES string of the molecule is COC1C=COC2(C)Oc3c(C)c(O)c4c(O)c(c(C=NNC5CCCCCCC5)c(O)c4c3C2=O)NC(=O)C(C)=CC=CC(C)C(O)C(C)C(O)C(C)C(OC(C)=O)C1C. The van der Waals surface area contributed by atoms with Gasteiger partial charge in [0.15, 0.2) is 5.75 Å². The first-order chi connectivity index (χ1) is 28.8. The lowest BCUT2D eigenvalue weighted by Crippen LogP contribution is -2.46. The Balaban J connectivity index is 1.68. The van der Waals surface area contributed by atoms with Crippen LogP contribution in [0.15, 0.2) is 41.2 Å². The van der Waals surface area contributed by atoms with E-state index < -0.39 is 88.8 Å². The lowest BCUT2D eigenvalue weighted by Gasteiger charge is -2.38. The van der Waals surface area contributed by atoms with Crippen molar-refractivity contribution >= 4 is 40.3 Å². The number of rotatable bonds is 5. The van der Waals surface area contributed by atoms with Crippen LogP contribution in [0.4, 0.5) is 5.69 Å². The maximum atomic E-state index is 14.5. The van der Waals surface area contributed by atoms with E-state index in [0.717, 1.165) is 38.5 Å². The molecule has 1 saturated carbocycles. The molecule has 1 amide bonds. The van der Waals surface area contributed by atoms with Gasteiger partial charge >= 0.3 is 11.8 Å². The van der Waals surface area contributed by atoms with Gasteiger partial charge in [-0.05, 0) is 32.8 Å². The second-order valence-electron chi connectivity index (χ2n) is 17.0. The minimum atomic E-state index is -2.04. The number of aromatic hydroxyl groups is 3. The van der Waals surface area contributed by atoms with Crippen LogP contribution in [-0.2, 0) is 23.8 Å². The number of allylic oxidation sites excluding steroid dienone is 2. The summed E-state index contributed by atoms with van der Waals surface area (Å²) in [5, 5.41) is 65.2. The number of hydrogen-bond acceptors (Lipinski definition) is 14. The number of ether oxygens (including phenoxy) is 4. The van der Waals surface area contributed by atoms with Crippen LogP contribution in [0, 0.1) is 30.6 Å². The highest BCUT2D eigenvalue weighted by Crippen LogP contribution is 2.55. The molecule has 61 heavy (non-hydrogen) atoms. The Hall–Kier alpha value is -5.12. The summed E-state index contributed by atoms with van der Waals surface area (Å²) in [6.45, 7) is 12.6. The number of benzene rings is 2. The van der Waals surface area contributed by atoms with Gasteiger partial charge in [-0.1, -0.05) is 78.0 Å². The van der Waals surface area contributed by atoms with E-state index in [2.05, 4.69) is 15.8 Å². The quantitative estimate of drug-likeness (QED) is 0.0542. The van der Waals surface area contributed by atoms with Gasteiger partial charge in [0, 0.05) is 67.2 Å². The number of carbonyl (C=O) groups excluding carboxylic acids is 3. The van der Waals surface area contributed by atoms with Crippen LogP contribution in [0.5, 0.6) is 23.0 Å². The molecule has 2 aromatic carbocycles. The van der Waals surface area contributed by atoms with E-state index in [0.29, 0.717) is 0 Å². The highest BCUT2D eigenvalue weighted by Gasteiger charge is 2.50. The Morgan fingerprint density at radius 2 is 1.57 bits per heavy atom. The molecule has 0 saturated heterocycles. The lowest BCUT2D eigenvalue weighted by atomic mass is 9.78. The molecule has 0 spiro atoms. The van der Waals surface area contributed by atoms with Crippen LogP contribution in [0.25, 0.3) is 10.8 Å². The van der Waals surface area contributed by atoms with Crippen molar-refractivity contribution in [2.24, 2.45) is 28.8 Å². The number of phenols is 3. The lowest BCUT2D eigenvalue weighted by molar-refractivity contribution is -0.160. The average molecular weight is 850 g/mol. The van der Waals surface area contributed by atoms with Crippen molar-refractivity contribution in [3.05, 3.63) is 52.8 Å². The van der Waals surface area contributed by atoms with Gasteiger partial charge in [-0.15, -0.1) is 0 Å². The molecule has 1 fully saturated rings. The van der Waals surface area contributed by atoms with E-state index in [4.69, 9.17) is 18.9 Å².